The lowest BCUT2D eigenvalue weighted by Gasteiger charge is -2.28. The SMILES string of the molecule is CC/C=C\C/C=C\C/C=C\C/C=C\C/C=C\C/C=C\CCCCCCCCCCCCCCCCCCCCC(=O)OC(COC(=O)CCCCCCCCCCCCCCCCCCCCCCCC)COP(=O)([O-])OCC[N+](C)(C)C. The largest absolute Gasteiger partial charge is 0.756 e. The van der Waals surface area contributed by atoms with Crippen molar-refractivity contribution in [1.82, 2.24) is 0 Å². The molecule has 2 unspecified atom stereocenters. The number of ether oxygens (including phenoxy) is 2. The van der Waals surface area contributed by atoms with Crippen molar-refractivity contribution in [1.29, 1.82) is 0 Å². The van der Waals surface area contributed by atoms with Gasteiger partial charge in [0.25, 0.3) is 7.82 Å². The molecule has 484 valence electrons. The molecular weight excluding hydrogens is 1050 g/mol. The lowest BCUT2D eigenvalue weighted by atomic mass is 10.0. The second-order valence-electron chi connectivity index (χ2n) is 24.9. The predicted octanol–water partition coefficient (Wildman–Crippen LogP) is 22.1. The van der Waals surface area contributed by atoms with E-state index in [4.69, 9.17) is 18.5 Å². The van der Waals surface area contributed by atoms with Crippen LogP contribution >= 0.6 is 7.82 Å². The van der Waals surface area contributed by atoms with Gasteiger partial charge >= 0.3 is 11.9 Å². The molecular formula is C73H134NO8P. The lowest BCUT2D eigenvalue weighted by molar-refractivity contribution is -0.870. The Hall–Kier alpha value is -2.55. The molecule has 0 aromatic rings. The molecule has 2 atom stereocenters. The van der Waals surface area contributed by atoms with Crippen molar-refractivity contribution in [2.75, 3.05) is 47.5 Å². The van der Waals surface area contributed by atoms with Crippen molar-refractivity contribution in [3.05, 3.63) is 72.9 Å². The molecule has 0 rings (SSSR count). The molecule has 0 heterocycles. The Kier molecular flexibility index (Phi) is 62.0. The van der Waals surface area contributed by atoms with Gasteiger partial charge in [0.15, 0.2) is 6.10 Å². The van der Waals surface area contributed by atoms with Crippen LogP contribution in [0.15, 0.2) is 72.9 Å². The number of unbranched alkanes of at least 4 members (excludes halogenated alkanes) is 39. The van der Waals surface area contributed by atoms with Crippen LogP contribution in [0.2, 0.25) is 0 Å². The van der Waals surface area contributed by atoms with Crippen LogP contribution in [0.25, 0.3) is 0 Å². The number of hydrogen-bond donors (Lipinski definition) is 0. The third-order valence-corrected chi connectivity index (χ3v) is 16.5. The molecule has 0 saturated carbocycles. The van der Waals surface area contributed by atoms with Crippen molar-refractivity contribution in [3.8, 4) is 0 Å². The molecule has 10 heteroatoms. The first-order chi connectivity index (χ1) is 40.5. The fourth-order valence-electron chi connectivity index (χ4n) is 10.1. The average molecular weight is 1180 g/mol. The summed E-state index contributed by atoms with van der Waals surface area (Å²) in [4.78, 5) is 38.0. The molecule has 0 N–H and O–H groups in total. The first-order valence-corrected chi connectivity index (χ1v) is 36.6. The van der Waals surface area contributed by atoms with Crippen LogP contribution in [0, 0.1) is 0 Å². The third-order valence-electron chi connectivity index (χ3n) is 15.5. The highest BCUT2D eigenvalue weighted by molar-refractivity contribution is 7.45. The minimum absolute atomic E-state index is 0.0294. The van der Waals surface area contributed by atoms with E-state index in [-0.39, 0.29) is 32.0 Å². The minimum atomic E-state index is -4.64. The zero-order chi connectivity index (χ0) is 60.5. The Bertz CT molecular complexity index is 1630. The van der Waals surface area contributed by atoms with Gasteiger partial charge in [-0.3, -0.25) is 14.2 Å². The highest BCUT2D eigenvalue weighted by Gasteiger charge is 2.22. The van der Waals surface area contributed by atoms with Crippen LogP contribution < -0.4 is 4.89 Å². The summed E-state index contributed by atoms with van der Waals surface area (Å²) >= 11 is 0. The van der Waals surface area contributed by atoms with Crippen molar-refractivity contribution in [3.63, 3.8) is 0 Å². The quantitative estimate of drug-likeness (QED) is 0.0195. The van der Waals surface area contributed by atoms with Crippen LogP contribution in [0.5, 0.6) is 0 Å². The first kappa shape index (κ1) is 80.5. The maximum Gasteiger partial charge on any atom is 0.306 e. The van der Waals surface area contributed by atoms with E-state index in [1.807, 2.05) is 21.1 Å². The van der Waals surface area contributed by atoms with Gasteiger partial charge in [-0.05, 0) is 64.2 Å². The number of esters is 2. The van der Waals surface area contributed by atoms with Crippen molar-refractivity contribution in [2.24, 2.45) is 0 Å². The second kappa shape index (κ2) is 63.9. The van der Waals surface area contributed by atoms with Gasteiger partial charge in [0.2, 0.25) is 0 Å². The highest BCUT2D eigenvalue weighted by atomic mass is 31.2. The monoisotopic (exact) mass is 1180 g/mol. The van der Waals surface area contributed by atoms with Gasteiger partial charge in [-0.15, -0.1) is 0 Å². The molecule has 0 aliphatic carbocycles. The number of carbonyl (C=O) groups excluding carboxylic acids is 2. The van der Waals surface area contributed by atoms with Gasteiger partial charge in [-0.1, -0.05) is 324 Å². The number of phosphoric ester groups is 1. The Morgan fingerprint density at radius 3 is 1.02 bits per heavy atom. The summed E-state index contributed by atoms with van der Waals surface area (Å²) in [5, 5.41) is 0. The molecule has 0 saturated heterocycles. The number of likely N-dealkylation sites (N-methyl/N-ethyl adjacent to an activating group) is 1. The molecule has 0 amide bonds. The van der Waals surface area contributed by atoms with E-state index in [2.05, 4.69) is 86.8 Å². The molecule has 0 aliphatic heterocycles. The number of phosphoric acid groups is 1. The summed E-state index contributed by atoms with van der Waals surface area (Å²) in [5.41, 5.74) is 0. The maximum absolute atomic E-state index is 12.9. The van der Waals surface area contributed by atoms with Crippen LogP contribution in [0.4, 0.5) is 0 Å². The Balaban J connectivity index is 3.99. The Morgan fingerprint density at radius 2 is 0.687 bits per heavy atom. The van der Waals surface area contributed by atoms with Crippen LogP contribution in [0.1, 0.15) is 328 Å². The molecule has 0 radical (unpaired) electrons. The number of rotatable bonds is 65. The third kappa shape index (κ3) is 68.4. The second-order valence-corrected chi connectivity index (χ2v) is 26.3. The van der Waals surface area contributed by atoms with Crippen LogP contribution in [0.3, 0.4) is 0 Å². The minimum Gasteiger partial charge on any atom is -0.756 e. The summed E-state index contributed by atoms with van der Waals surface area (Å²) in [7, 11) is 1.18. The van der Waals surface area contributed by atoms with Crippen LogP contribution in [-0.2, 0) is 32.7 Å². The van der Waals surface area contributed by atoms with Gasteiger partial charge < -0.3 is 27.9 Å². The average Bonchev–Trinajstić information content (AvgIpc) is 3.49. The van der Waals surface area contributed by atoms with Gasteiger partial charge in [-0.25, -0.2) is 0 Å². The lowest BCUT2D eigenvalue weighted by Crippen LogP contribution is -2.37. The Morgan fingerprint density at radius 1 is 0.386 bits per heavy atom. The fourth-order valence-corrected chi connectivity index (χ4v) is 10.9. The molecule has 0 aliphatic rings. The zero-order valence-corrected chi connectivity index (χ0v) is 56.0. The molecule has 83 heavy (non-hydrogen) atoms. The first-order valence-electron chi connectivity index (χ1n) is 35.1. The topological polar surface area (TPSA) is 111 Å². The number of hydrogen-bond acceptors (Lipinski definition) is 8. The molecule has 9 nitrogen and oxygen atoms in total. The van der Waals surface area contributed by atoms with Crippen LogP contribution in [-0.4, -0.2) is 70.0 Å². The predicted molar refractivity (Wildman–Crippen MR) is 356 cm³/mol. The van der Waals surface area contributed by atoms with E-state index < -0.39 is 26.5 Å². The van der Waals surface area contributed by atoms with Crippen molar-refractivity contribution in [2.45, 2.75) is 335 Å². The van der Waals surface area contributed by atoms with Gasteiger partial charge in [-0.2, -0.15) is 0 Å². The molecule has 0 aromatic carbocycles. The smallest absolute Gasteiger partial charge is 0.306 e. The summed E-state index contributed by atoms with van der Waals surface area (Å²) in [6, 6.07) is 0. The van der Waals surface area contributed by atoms with Gasteiger partial charge in [0, 0.05) is 12.8 Å². The fraction of sp³-hybridized carbons (Fsp3) is 0.808. The summed E-state index contributed by atoms with van der Waals surface area (Å²) in [5.74, 6) is -0.816. The van der Waals surface area contributed by atoms with E-state index in [0.29, 0.717) is 17.4 Å². The van der Waals surface area contributed by atoms with E-state index in [9.17, 15) is 19.0 Å². The number of quaternary nitrogens is 1. The highest BCUT2D eigenvalue weighted by Crippen LogP contribution is 2.38. The van der Waals surface area contributed by atoms with E-state index in [1.54, 1.807) is 0 Å². The van der Waals surface area contributed by atoms with Crippen molar-refractivity contribution < 1.29 is 42.1 Å². The Labute approximate surface area is 514 Å². The zero-order valence-electron chi connectivity index (χ0n) is 55.1. The molecule has 0 bridgehead atoms. The number of carbonyl (C=O) groups is 2. The normalized spacial score (nSPS) is 13.6. The summed E-state index contributed by atoms with van der Waals surface area (Å²) in [6.45, 7) is 4.18. The standard InChI is InChI=1S/C73H134NO8P/c1-6-8-10-12-14-16-18-20-22-24-26-28-30-31-32-33-34-35-36-37-38-39-40-41-42-43-44-46-48-50-52-54-56-58-60-62-64-66-73(76)82-71(70-81-83(77,78)80-68-67-74(3,4)5)69-79-72(75)65-63-61-59-57-55-53-51-49-47-45-29-27-25-23-21-19-17-15-13-11-9-7-2/h8,10,14,16,20,22,26,28,31-32,34-35,71H,6-7,9,11-13,15,17-19,21,23-25,27,29-30,33,36-70H2,1-5H3/b10-8-,16-14-,22-20-,28-26-,32-31-,35-34-. The van der Waals surface area contributed by atoms with Gasteiger partial charge in [0.1, 0.15) is 19.8 Å². The van der Waals surface area contributed by atoms with Gasteiger partial charge in [0.05, 0.1) is 27.7 Å². The number of allylic oxidation sites excluding steroid dienone is 12. The summed E-state index contributed by atoms with van der Waals surface area (Å²) < 4.78 is 34.3. The van der Waals surface area contributed by atoms with Crippen molar-refractivity contribution >= 4 is 19.8 Å². The molecule has 0 aromatic heterocycles. The molecule has 0 spiro atoms. The number of nitrogens with zero attached hydrogens (tertiary/aromatic N) is 1. The molecule has 0 fully saturated rings. The van der Waals surface area contributed by atoms with E-state index in [1.165, 1.54) is 218 Å². The van der Waals surface area contributed by atoms with E-state index in [0.717, 1.165) is 77.0 Å². The van der Waals surface area contributed by atoms with E-state index >= 15 is 0 Å². The maximum atomic E-state index is 12.9. The summed E-state index contributed by atoms with van der Waals surface area (Å²) in [6.07, 6.45) is 85.6.